The van der Waals surface area contributed by atoms with E-state index in [2.05, 4.69) is 35.4 Å². The third kappa shape index (κ3) is 3.95. The molecule has 0 unspecified atom stereocenters. The molecule has 0 aliphatic rings. The fourth-order valence-corrected chi connectivity index (χ4v) is 2.29. The van der Waals surface area contributed by atoms with Crippen LogP contribution < -0.4 is 5.32 Å². The van der Waals surface area contributed by atoms with E-state index in [0.29, 0.717) is 0 Å². The normalized spacial score (nSPS) is 11.4. The predicted octanol–water partition coefficient (Wildman–Crippen LogP) is 2.06. The fourth-order valence-electron chi connectivity index (χ4n) is 2.29. The molecule has 0 aromatic carbocycles. The van der Waals surface area contributed by atoms with Crippen molar-refractivity contribution in [3.8, 4) is 0 Å². The SMILES string of the molecule is CCNCc1cc(CN(C)Cc2cnn(C)c2)oc1C. The van der Waals surface area contributed by atoms with Crippen LogP contribution in [-0.2, 0) is 26.7 Å². The first kappa shape index (κ1) is 14.8. The van der Waals surface area contributed by atoms with Crippen LogP contribution in [0.15, 0.2) is 22.9 Å². The molecule has 2 aromatic heterocycles. The second kappa shape index (κ2) is 6.72. The predicted molar refractivity (Wildman–Crippen MR) is 79.2 cm³/mol. The van der Waals surface area contributed by atoms with Gasteiger partial charge in [0.1, 0.15) is 11.5 Å². The van der Waals surface area contributed by atoms with Crippen molar-refractivity contribution in [1.29, 1.82) is 0 Å². The summed E-state index contributed by atoms with van der Waals surface area (Å²) in [6, 6.07) is 2.15. The van der Waals surface area contributed by atoms with E-state index in [-0.39, 0.29) is 0 Å². The molecule has 20 heavy (non-hydrogen) atoms. The van der Waals surface area contributed by atoms with Gasteiger partial charge in [0.15, 0.2) is 0 Å². The van der Waals surface area contributed by atoms with Crippen molar-refractivity contribution in [1.82, 2.24) is 20.0 Å². The molecule has 0 aliphatic heterocycles. The van der Waals surface area contributed by atoms with Gasteiger partial charge in [-0.05, 0) is 26.6 Å². The van der Waals surface area contributed by atoms with Crippen molar-refractivity contribution >= 4 is 0 Å². The molecule has 0 saturated heterocycles. The maximum absolute atomic E-state index is 5.82. The van der Waals surface area contributed by atoms with Crippen molar-refractivity contribution in [3.63, 3.8) is 0 Å². The maximum atomic E-state index is 5.82. The highest BCUT2D eigenvalue weighted by Crippen LogP contribution is 2.16. The van der Waals surface area contributed by atoms with E-state index in [1.165, 1.54) is 11.1 Å². The molecule has 5 heteroatoms. The minimum atomic E-state index is 0.807. The summed E-state index contributed by atoms with van der Waals surface area (Å²) < 4.78 is 7.65. The van der Waals surface area contributed by atoms with E-state index >= 15 is 0 Å². The summed E-state index contributed by atoms with van der Waals surface area (Å²) >= 11 is 0. The molecule has 2 heterocycles. The summed E-state index contributed by atoms with van der Waals surface area (Å²) in [5, 5.41) is 7.52. The van der Waals surface area contributed by atoms with E-state index < -0.39 is 0 Å². The van der Waals surface area contributed by atoms with E-state index in [1.54, 1.807) is 0 Å². The molecule has 2 rings (SSSR count). The third-order valence-electron chi connectivity index (χ3n) is 3.27. The summed E-state index contributed by atoms with van der Waals surface area (Å²) in [6.45, 7) is 7.66. The first-order chi connectivity index (χ1) is 9.58. The Hall–Kier alpha value is -1.59. The van der Waals surface area contributed by atoms with Gasteiger partial charge in [0.25, 0.3) is 0 Å². The van der Waals surface area contributed by atoms with Crippen molar-refractivity contribution < 1.29 is 4.42 Å². The number of furan rings is 1. The summed E-state index contributed by atoms with van der Waals surface area (Å²) in [7, 11) is 4.03. The van der Waals surface area contributed by atoms with E-state index in [0.717, 1.165) is 37.7 Å². The number of nitrogens with one attached hydrogen (secondary N) is 1. The number of hydrogen-bond donors (Lipinski definition) is 1. The van der Waals surface area contributed by atoms with Gasteiger partial charge in [0.2, 0.25) is 0 Å². The van der Waals surface area contributed by atoms with Crippen LogP contribution in [0.5, 0.6) is 0 Å². The molecule has 0 fully saturated rings. The van der Waals surface area contributed by atoms with E-state index in [4.69, 9.17) is 4.42 Å². The monoisotopic (exact) mass is 276 g/mol. The second-order valence-electron chi connectivity index (χ2n) is 5.27. The van der Waals surface area contributed by atoms with Crippen LogP contribution in [0.4, 0.5) is 0 Å². The Bertz CT molecular complexity index is 544. The molecular formula is C15H24N4O. The van der Waals surface area contributed by atoms with Gasteiger partial charge in [-0.1, -0.05) is 6.92 Å². The molecule has 5 nitrogen and oxygen atoms in total. The van der Waals surface area contributed by atoms with Crippen LogP contribution in [0.3, 0.4) is 0 Å². The highest BCUT2D eigenvalue weighted by Gasteiger charge is 2.10. The molecular weight excluding hydrogens is 252 g/mol. The lowest BCUT2D eigenvalue weighted by molar-refractivity contribution is 0.285. The van der Waals surface area contributed by atoms with E-state index in [1.807, 2.05) is 31.0 Å². The number of aromatic nitrogens is 2. The third-order valence-corrected chi connectivity index (χ3v) is 3.27. The van der Waals surface area contributed by atoms with Gasteiger partial charge in [0.05, 0.1) is 12.7 Å². The van der Waals surface area contributed by atoms with E-state index in [9.17, 15) is 0 Å². The lowest BCUT2D eigenvalue weighted by Gasteiger charge is -2.13. The van der Waals surface area contributed by atoms with Gasteiger partial charge in [0, 0.05) is 37.5 Å². The zero-order valence-electron chi connectivity index (χ0n) is 12.8. The first-order valence-electron chi connectivity index (χ1n) is 7.03. The average molecular weight is 276 g/mol. The Kier molecular flexibility index (Phi) is 4.98. The molecule has 0 aliphatic carbocycles. The smallest absolute Gasteiger partial charge is 0.118 e. The van der Waals surface area contributed by atoms with Crippen molar-refractivity contribution in [2.75, 3.05) is 13.6 Å². The van der Waals surface area contributed by atoms with Crippen LogP contribution in [0, 0.1) is 6.92 Å². The number of nitrogens with zero attached hydrogens (tertiary/aromatic N) is 3. The van der Waals surface area contributed by atoms with Gasteiger partial charge >= 0.3 is 0 Å². The van der Waals surface area contributed by atoms with Gasteiger partial charge < -0.3 is 9.73 Å². The molecule has 0 saturated carbocycles. The van der Waals surface area contributed by atoms with Crippen molar-refractivity contribution in [2.24, 2.45) is 7.05 Å². The van der Waals surface area contributed by atoms with Crippen LogP contribution in [0.2, 0.25) is 0 Å². The van der Waals surface area contributed by atoms with Gasteiger partial charge in [-0.15, -0.1) is 0 Å². The average Bonchev–Trinajstić information content (AvgIpc) is 2.93. The lowest BCUT2D eigenvalue weighted by atomic mass is 10.2. The van der Waals surface area contributed by atoms with Crippen LogP contribution in [0.25, 0.3) is 0 Å². The molecule has 2 aromatic rings. The standard InChI is InChI=1S/C15H24N4O/c1-5-16-8-14-6-15(20-12(14)2)11-18(3)9-13-7-17-19(4)10-13/h6-7,10,16H,5,8-9,11H2,1-4H3. The quantitative estimate of drug-likeness (QED) is 0.841. The van der Waals surface area contributed by atoms with Gasteiger partial charge in [-0.25, -0.2) is 0 Å². The summed E-state index contributed by atoms with van der Waals surface area (Å²) in [5.41, 5.74) is 2.46. The second-order valence-corrected chi connectivity index (χ2v) is 5.27. The molecule has 0 atom stereocenters. The lowest BCUT2D eigenvalue weighted by Crippen LogP contribution is -2.16. The Morgan fingerprint density at radius 1 is 1.40 bits per heavy atom. The van der Waals surface area contributed by atoms with Crippen LogP contribution in [0.1, 0.15) is 29.6 Å². The molecule has 0 radical (unpaired) electrons. The summed E-state index contributed by atoms with van der Waals surface area (Å²) in [5.74, 6) is 2.03. The Balaban J connectivity index is 1.92. The zero-order chi connectivity index (χ0) is 14.5. The molecule has 0 spiro atoms. The zero-order valence-corrected chi connectivity index (χ0v) is 12.8. The minimum absolute atomic E-state index is 0.807. The van der Waals surface area contributed by atoms with Crippen LogP contribution >= 0.6 is 0 Å². The Labute approximate surface area is 120 Å². The maximum Gasteiger partial charge on any atom is 0.118 e. The van der Waals surface area contributed by atoms with Crippen molar-refractivity contribution in [3.05, 3.63) is 41.1 Å². The molecule has 0 bridgehead atoms. The number of rotatable bonds is 7. The highest BCUT2D eigenvalue weighted by molar-refractivity contribution is 5.20. The van der Waals surface area contributed by atoms with Gasteiger partial charge in [-0.3, -0.25) is 9.58 Å². The number of aryl methyl sites for hydroxylation is 2. The molecule has 0 amide bonds. The summed E-state index contributed by atoms with van der Waals surface area (Å²) in [4.78, 5) is 2.23. The van der Waals surface area contributed by atoms with Crippen LogP contribution in [-0.4, -0.2) is 28.3 Å². The fraction of sp³-hybridized carbons (Fsp3) is 0.533. The Morgan fingerprint density at radius 2 is 2.20 bits per heavy atom. The minimum Gasteiger partial charge on any atom is -0.465 e. The largest absolute Gasteiger partial charge is 0.465 e. The van der Waals surface area contributed by atoms with Crippen molar-refractivity contribution in [2.45, 2.75) is 33.5 Å². The molecule has 1 N–H and O–H groups in total. The molecule has 110 valence electrons. The summed E-state index contributed by atoms with van der Waals surface area (Å²) in [6.07, 6.45) is 3.95. The topological polar surface area (TPSA) is 46.2 Å². The highest BCUT2D eigenvalue weighted by atomic mass is 16.3. The first-order valence-corrected chi connectivity index (χ1v) is 7.03. The number of hydrogen-bond acceptors (Lipinski definition) is 4. The van der Waals surface area contributed by atoms with Gasteiger partial charge in [-0.2, -0.15) is 5.10 Å². The Morgan fingerprint density at radius 3 is 2.85 bits per heavy atom.